The number of carbonyl (C=O) groups is 1. The molecule has 1 saturated carbocycles. The molecule has 0 radical (unpaired) electrons. The van der Waals surface area contributed by atoms with Gasteiger partial charge >= 0.3 is 6.18 Å². The van der Waals surface area contributed by atoms with Crippen molar-refractivity contribution in [1.82, 2.24) is 4.72 Å². The highest BCUT2D eigenvalue weighted by Crippen LogP contribution is 2.35. The molecular formula is C18H25F3N2O3S. The standard InChI is InChI=1S/C18H25F3N2O3S/c1-17(2,3)27(25,26)23-13-10-8-12(9-11-13)16(24)22-15-7-5-4-6-14(15)18(19,20)21/h4-7,12-13,23H,8-11H2,1-3H3,(H,22,24)/t12-,13-. The number of nitrogens with one attached hydrogen (secondary N) is 2. The third-order valence-corrected chi connectivity index (χ3v) is 6.97. The molecule has 1 aromatic rings. The number of benzene rings is 1. The molecule has 0 spiro atoms. The first-order valence-electron chi connectivity index (χ1n) is 8.80. The van der Waals surface area contributed by atoms with Gasteiger partial charge in [0.1, 0.15) is 0 Å². The highest BCUT2D eigenvalue weighted by molar-refractivity contribution is 7.90. The fraction of sp³-hybridized carbons (Fsp3) is 0.611. The number of rotatable bonds is 4. The lowest BCUT2D eigenvalue weighted by atomic mass is 9.86. The van der Waals surface area contributed by atoms with E-state index in [2.05, 4.69) is 10.0 Å². The van der Waals surface area contributed by atoms with Gasteiger partial charge in [-0.15, -0.1) is 0 Å². The Bertz CT molecular complexity index is 778. The normalized spacial score (nSPS) is 21.7. The molecule has 0 unspecified atom stereocenters. The minimum Gasteiger partial charge on any atom is -0.325 e. The van der Waals surface area contributed by atoms with Crippen LogP contribution in [-0.2, 0) is 21.0 Å². The first kappa shape index (κ1) is 21.7. The molecule has 0 atom stereocenters. The summed E-state index contributed by atoms with van der Waals surface area (Å²) in [4.78, 5) is 12.4. The third-order valence-electron chi connectivity index (χ3n) is 4.72. The summed E-state index contributed by atoms with van der Waals surface area (Å²) in [6.07, 6.45) is -2.79. The lowest BCUT2D eigenvalue weighted by molar-refractivity contribution is -0.137. The van der Waals surface area contributed by atoms with Crippen LogP contribution < -0.4 is 10.0 Å². The van der Waals surface area contributed by atoms with Crippen LogP contribution in [0.5, 0.6) is 0 Å². The summed E-state index contributed by atoms with van der Waals surface area (Å²) >= 11 is 0. The summed E-state index contributed by atoms with van der Waals surface area (Å²) < 4.78 is 65.2. The van der Waals surface area contributed by atoms with Crippen LogP contribution in [0.25, 0.3) is 0 Å². The van der Waals surface area contributed by atoms with Crippen LogP contribution in [0.4, 0.5) is 18.9 Å². The fourth-order valence-electron chi connectivity index (χ4n) is 2.94. The Morgan fingerprint density at radius 1 is 1.04 bits per heavy atom. The molecule has 0 aliphatic heterocycles. The Labute approximate surface area is 157 Å². The molecule has 152 valence electrons. The second-order valence-corrected chi connectivity index (χ2v) is 10.3. The molecule has 1 aliphatic carbocycles. The van der Waals surface area contributed by atoms with Crippen LogP contribution in [-0.4, -0.2) is 25.1 Å². The van der Waals surface area contributed by atoms with Crippen molar-refractivity contribution >= 4 is 21.6 Å². The van der Waals surface area contributed by atoms with Gasteiger partial charge in [0.15, 0.2) is 0 Å². The van der Waals surface area contributed by atoms with Gasteiger partial charge in [-0.05, 0) is 58.6 Å². The van der Waals surface area contributed by atoms with Gasteiger partial charge in [0.25, 0.3) is 0 Å². The second-order valence-electron chi connectivity index (χ2n) is 7.81. The Hall–Kier alpha value is -1.61. The van der Waals surface area contributed by atoms with Gasteiger partial charge < -0.3 is 5.32 Å². The van der Waals surface area contributed by atoms with Crippen LogP contribution in [0.2, 0.25) is 0 Å². The number of hydrogen-bond acceptors (Lipinski definition) is 3. The maximum Gasteiger partial charge on any atom is 0.418 e. The van der Waals surface area contributed by atoms with Gasteiger partial charge in [-0.2, -0.15) is 13.2 Å². The fourth-order valence-corrected chi connectivity index (χ4v) is 3.97. The number of anilines is 1. The van der Waals surface area contributed by atoms with Gasteiger partial charge in [0, 0.05) is 12.0 Å². The number of para-hydroxylation sites is 1. The van der Waals surface area contributed by atoms with Crippen LogP contribution in [0.3, 0.4) is 0 Å². The molecule has 1 fully saturated rings. The van der Waals surface area contributed by atoms with E-state index in [0.29, 0.717) is 25.7 Å². The number of carbonyl (C=O) groups excluding carboxylic acids is 1. The molecule has 9 heteroatoms. The molecule has 0 saturated heterocycles. The van der Waals surface area contributed by atoms with E-state index in [-0.39, 0.29) is 11.7 Å². The average Bonchev–Trinajstić information content (AvgIpc) is 2.53. The predicted molar refractivity (Wildman–Crippen MR) is 97.6 cm³/mol. The number of hydrogen-bond donors (Lipinski definition) is 2. The Balaban J connectivity index is 1.97. The van der Waals surface area contributed by atoms with E-state index in [0.717, 1.165) is 6.07 Å². The maximum absolute atomic E-state index is 13.0. The Morgan fingerprint density at radius 2 is 1.59 bits per heavy atom. The van der Waals surface area contributed by atoms with Crippen molar-refractivity contribution in [3.8, 4) is 0 Å². The van der Waals surface area contributed by atoms with Gasteiger partial charge in [0.05, 0.1) is 16.0 Å². The van der Waals surface area contributed by atoms with E-state index in [1.165, 1.54) is 18.2 Å². The van der Waals surface area contributed by atoms with Gasteiger partial charge in [-0.1, -0.05) is 12.1 Å². The van der Waals surface area contributed by atoms with Crippen molar-refractivity contribution in [2.75, 3.05) is 5.32 Å². The van der Waals surface area contributed by atoms with E-state index >= 15 is 0 Å². The van der Waals surface area contributed by atoms with Crippen molar-refractivity contribution < 1.29 is 26.4 Å². The summed E-state index contributed by atoms with van der Waals surface area (Å²) in [6, 6.07) is 4.59. The van der Waals surface area contributed by atoms with E-state index in [9.17, 15) is 26.4 Å². The lowest BCUT2D eigenvalue weighted by Crippen LogP contribution is -2.46. The maximum atomic E-state index is 13.0. The zero-order chi connectivity index (χ0) is 20.5. The highest BCUT2D eigenvalue weighted by Gasteiger charge is 2.36. The topological polar surface area (TPSA) is 75.3 Å². The predicted octanol–water partition coefficient (Wildman–Crippen LogP) is 3.92. The van der Waals surface area contributed by atoms with Crippen LogP contribution in [0, 0.1) is 5.92 Å². The van der Waals surface area contributed by atoms with E-state index in [1.54, 1.807) is 20.8 Å². The largest absolute Gasteiger partial charge is 0.418 e. The smallest absolute Gasteiger partial charge is 0.325 e. The average molecular weight is 406 g/mol. The van der Waals surface area contributed by atoms with E-state index in [1.807, 2.05) is 0 Å². The first-order chi connectivity index (χ1) is 12.3. The Kier molecular flexibility index (Phi) is 6.26. The molecule has 1 aliphatic rings. The molecular weight excluding hydrogens is 381 g/mol. The van der Waals surface area contributed by atoms with Crippen LogP contribution in [0.1, 0.15) is 52.0 Å². The second kappa shape index (κ2) is 7.79. The van der Waals surface area contributed by atoms with Gasteiger partial charge in [0.2, 0.25) is 15.9 Å². The van der Waals surface area contributed by atoms with Gasteiger partial charge in [-0.3, -0.25) is 4.79 Å². The third kappa shape index (κ3) is 5.44. The number of amides is 1. The quantitative estimate of drug-likeness (QED) is 0.796. The number of halogens is 3. The monoisotopic (exact) mass is 406 g/mol. The van der Waals surface area contributed by atoms with Crippen LogP contribution >= 0.6 is 0 Å². The lowest BCUT2D eigenvalue weighted by Gasteiger charge is -2.31. The zero-order valence-corrected chi connectivity index (χ0v) is 16.4. The summed E-state index contributed by atoms with van der Waals surface area (Å²) in [6.45, 7) is 4.81. The van der Waals surface area contributed by atoms with Crippen molar-refractivity contribution in [3.05, 3.63) is 29.8 Å². The molecule has 0 aromatic heterocycles. The summed E-state index contributed by atoms with van der Waals surface area (Å²) in [7, 11) is -3.48. The molecule has 5 nitrogen and oxygen atoms in total. The number of sulfonamides is 1. The molecule has 1 aromatic carbocycles. The van der Waals surface area contributed by atoms with Crippen molar-refractivity contribution in [2.45, 2.75) is 63.4 Å². The van der Waals surface area contributed by atoms with Gasteiger partial charge in [-0.25, -0.2) is 13.1 Å². The number of alkyl halides is 3. The van der Waals surface area contributed by atoms with E-state index in [4.69, 9.17) is 0 Å². The van der Waals surface area contributed by atoms with Crippen molar-refractivity contribution in [3.63, 3.8) is 0 Å². The summed E-state index contributed by atoms with van der Waals surface area (Å²) in [5.41, 5.74) is -1.14. The van der Waals surface area contributed by atoms with Crippen molar-refractivity contribution in [1.29, 1.82) is 0 Å². The molecule has 0 heterocycles. The van der Waals surface area contributed by atoms with Crippen molar-refractivity contribution in [2.24, 2.45) is 5.92 Å². The summed E-state index contributed by atoms with van der Waals surface area (Å²) in [5.74, 6) is -0.912. The molecule has 1 amide bonds. The highest BCUT2D eigenvalue weighted by atomic mass is 32.2. The summed E-state index contributed by atoms with van der Waals surface area (Å²) in [5, 5.41) is 2.38. The first-order valence-corrected chi connectivity index (χ1v) is 10.3. The molecule has 2 rings (SSSR count). The van der Waals surface area contributed by atoms with Crippen LogP contribution in [0.15, 0.2) is 24.3 Å². The molecule has 2 N–H and O–H groups in total. The minimum absolute atomic E-state index is 0.259. The molecule has 27 heavy (non-hydrogen) atoms. The van der Waals surface area contributed by atoms with E-state index < -0.39 is 38.3 Å². The Morgan fingerprint density at radius 3 is 2.11 bits per heavy atom. The SMILES string of the molecule is CC(C)(C)S(=O)(=O)N[C@H]1CC[C@H](C(=O)Nc2ccccc2C(F)(F)F)CC1. The zero-order valence-electron chi connectivity index (χ0n) is 15.6. The molecule has 0 bridgehead atoms. The minimum atomic E-state index is -4.55.